The molecular formula is C9H14N2S. The van der Waals surface area contributed by atoms with Gasteiger partial charge in [0, 0.05) is 0 Å². The summed E-state index contributed by atoms with van der Waals surface area (Å²) in [6.45, 7) is 0. The zero-order valence-corrected chi connectivity index (χ0v) is 7.94. The number of nitrogens with zero attached hydrogens (tertiary/aromatic N) is 1. The summed E-state index contributed by atoms with van der Waals surface area (Å²) in [6.07, 6.45) is 8.53. The molecular weight excluding hydrogens is 168 g/mol. The van der Waals surface area contributed by atoms with Crippen LogP contribution in [0, 0.1) is 0 Å². The highest BCUT2D eigenvalue weighted by atomic mass is 32.1. The van der Waals surface area contributed by atoms with Crippen LogP contribution in [0.4, 0.5) is 5.69 Å². The van der Waals surface area contributed by atoms with E-state index in [0.717, 1.165) is 5.69 Å². The second-order valence-electron chi connectivity index (χ2n) is 3.48. The lowest BCUT2D eigenvalue weighted by molar-refractivity contribution is 0.449. The van der Waals surface area contributed by atoms with Crippen molar-refractivity contribution >= 4 is 17.2 Å². The highest BCUT2D eigenvalue weighted by Gasteiger charge is 2.18. The minimum atomic E-state index is 0.714. The van der Waals surface area contributed by atoms with E-state index in [-0.39, 0.29) is 0 Å². The molecule has 1 aromatic rings. The highest BCUT2D eigenvalue weighted by Crippen LogP contribution is 2.37. The van der Waals surface area contributed by atoms with Crippen LogP contribution in [0.15, 0.2) is 6.20 Å². The fourth-order valence-corrected chi connectivity index (χ4v) is 2.75. The van der Waals surface area contributed by atoms with Crippen molar-refractivity contribution in [2.24, 2.45) is 0 Å². The molecule has 2 nitrogen and oxygen atoms in total. The average molecular weight is 182 g/mol. The van der Waals surface area contributed by atoms with E-state index in [9.17, 15) is 0 Å². The summed E-state index contributed by atoms with van der Waals surface area (Å²) in [6, 6.07) is 0. The molecule has 0 atom stereocenters. The summed E-state index contributed by atoms with van der Waals surface area (Å²) in [4.78, 5) is 1.33. The summed E-state index contributed by atoms with van der Waals surface area (Å²) in [5.41, 5.74) is 6.73. The number of hydrogen-bond acceptors (Lipinski definition) is 3. The topological polar surface area (TPSA) is 38.9 Å². The average Bonchev–Trinajstić information content (AvgIpc) is 2.53. The van der Waals surface area contributed by atoms with Gasteiger partial charge in [0.05, 0.1) is 16.8 Å². The van der Waals surface area contributed by atoms with Crippen LogP contribution >= 0.6 is 11.5 Å². The van der Waals surface area contributed by atoms with Crippen LogP contribution in [0.3, 0.4) is 0 Å². The molecule has 0 saturated heterocycles. The molecule has 0 radical (unpaired) electrons. The van der Waals surface area contributed by atoms with E-state index in [4.69, 9.17) is 5.73 Å². The molecule has 1 aliphatic carbocycles. The molecule has 0 aromatic carbocycles. The number of rotatable bonds is 1. The lowest BCUT2D eigenvalue weighted by Crippen LogP contribution is -2.04. The van der Waals surface area contributed by atoms with Crippen LogP contribution in [0.2, 0.25) is 0 Å². The molecule has 0 bridgehead atoms. The Morgan fingerprint density at radius 1 is 1.33 bits per heavy atom. The van der Waals surface area contributed by atoms with Gasteiger partial charge in [0.15, 0.2) is 0 Å². The van der Waals surface area contributed by atoms with Gasteiger partial charge < -0.3 is 5.73 Å². The van der Waals surface area contributed by atoms with Gasteiger partial charge in [-0.1, -0.05) is 19.3 Å². The van der Waals surface area contributed by atoms with Crippen molar-refractivity contribution in [1.82, 2.24) is 4.37 Å². The van der Waals surface area contributed by atoms with Gasteiger partial charge in [-0.3, -0.25) is 0 Å². The molecule has 1 saturated carbocycles. The van der Waals surface area contributed by atoms with Gasteiger partial charge >= 0.3 is 0 Å². The largest absolute Gasteiger partial charge is 0.397 e. The van der Waals surface area contributed by atoms with E-state index in [2.05, 4.69) is 4.37 Å². The van der Waals surface area contributed by atoms with Crippen LogP contribution in [0.25, 0.3) is 0 Å². The zero-order valence-electron chi connectivity index (χ0n) is 7.12. The maximum Gasteiger partial charge on any atom is 0.0662 e. The zero-order chi connectivity index (χ0) is 8.39. The fraction of sp³-hybridized carbons (Fsp3) is 0.667. The van der Waals surface area contributed by atoms with Gasteiger partial charge in [0.1, 0.15) is 0 Å². The molecule has 3 heteroatoms. The standard InChI is InChI=1S/C9H14N2S/c10-8-6-11-12-9(8)7-4-2-1-3-5-7/h6-7H,1-5,10H2. The Balaban J connectivity index is 2.13. The summed E-state index contributed by atoms with van der Waals surface area (Å²) >= 11 is 1.58. The lowest BCUT2D eigenvalue weighted by atomic mass is 9.88. The van der Waals surface area contributed by atoms with Crippen molar-refractivity contribution in [3.05, 3.63) is 11.1 Å². The van der Waals surface area contributed by atoms with Crippen LogP contribution < -0.4 is 5.73 Å². The molecule has 1 heterocycles. The van der Waals surface area contributed by atoms with Gasteiger partial charge in [-0.15, -0.1) is 0 Å². The van der Waals surface area contributed by atoms with Gasteiger partial charge in [-0.25, -0.2) is 0 Å². The molecule has 66 valence electrons. The van der Waals surface area contributed by atoms with Crippen molar-refractivity contribution in [2.45, 2.75) is 38.0 Å². The van der Waals surface area contributed by atoms with Crippen LogP contribution in [-0.4, -0.2) is 4.37 Å². The number of nitrogen functional groups attached to an aromatic ring is 1. The Morgan fingerprint density at radius 2 is 2.08 bits per heavy atom. The lowest BCUT2D eigenvalue weighted by Gasteiger charge is -2.20. The van der Waals surface area contributed by atoms with Crippen molar-refractivity contribution in [3.8, 4) is 0 Å². The first-order valence-electron chi connectivity index (χ1n) is 4.58. The third-order valence-electron chi connectivity index (χ3n) is 2.60. The van der Waals surface area contributed by atoms with Gasteiger partial charge in [0.25, 0.3) is 0 Å². The molecule has 0 aliphatic heterocycles. The Hall–Kier alpha value is -0.570. The Labute approximate surface area is 77.0 Å². The summed E-state index contributed by atoms with van der Waals surface area (Å²) < 4.78 is 4.11. The quantitative estimate of drug-likeness (QED) is 0.725. The first kappa shape index (κ1) is 8.05. The van der Waals surface area contributed by atoms with Crippen LogP contribution in [-0.2, 0) is 0 Å². The van der Waals surface area contributed by atoms with E-state index < -0.39 is 0 Å². The molecule has 12 heavy (non-hydrogen) atoms. The molecule has 2 N–H and O–H groups in total. The third kappa shape index (κ3) is 1.46. The molecule has 0 unspecified atom stereocenters. The Bertz CT molecular complexity index is 251. The maximum absolute atomic E-state index is 5.82. The number of hydrogen-bond donors (Lipinski definition) is 1. The van der Waals surface area contributed by atoms with Gasteiger partial charge in [-0.2, -0.15) is 4.37 Å². The van der Waals surface area contributed by atoms with E-state index in [1.165, 1.54) is 37.0 Å². The molecule has 0 spiro atoms. The van der Waals surface area contributed by atoms with E-state index in [1.54, 1.807) is 17.7 Å². The second-order valence-corrected chi connectivity index (χ2v) is 4.31. The van der Waals surface area contributed by atoms with Crippen molar-refractivity contribution < 1.29 is 0 Å². The Morgan fingerprint density at radius 3 is 2.67 bits per heavy atom. The third-order valence-corrected chi connectivity index (χ3v) is 3.58. The van der Waals surface area contributed by atoms with E-state index in [0.29, 0.717) is 5.92 Å². The predicted molar refractivity (Wildman–Crippen MR) is 52.4 cm³/mol. The summed E-state index contributed by atoms with van der Waals surface area (Å²) in [5, 5.41) is 0. The first-order chi connectivity index (χ1) is 5.88. The fourth-order valence-electron chi connectivity index (χ4n) is 1.93. The van der Waals surface area contributed by atoms with Crippen molar-refractivity contribution in [2.75, 3.05) is 5.73 Å². The monoisotopic (exact) mass is 182 g/mol. The normalized spacial score (nSPS) is 19.7. The minimum Gasteiger partial charge on any atom is -0.397 e. The van der Waals surface area contributed by atoms with Crippen molar-refractivity contribution in [1.29, 1.82) is 0 Å². The minimum absolute atomic E-state index is 0.714. The summed E-state index contributed by atoms with van der Waals surface area (Å²) in [5.74, 6) is 0.714. The van der Waals surface area contributed by atoms with Crippen LogP contribution in [0.1, 0.15) is 42.9 Å². The van der Waals surface area contributed by atoms with Gasteiger partial charge in [-0.05, 0) is 30.3 Å². The highest BCUT2D eigenvalue weighted by molar-refractivity contribution is 7.06. The van der Waals surface area contributed by atoms with Crippen molar-refractivity contribution in [3.63, 3.8) is 0 Å². The molecule has 2 rings (SSSR count). The van der Waals surface area contributed by atoms with Gasteiger partial charge in [0.2, 0.25) is 0 Å². The number of aromatic nitrogens is 1. The molecule has 1 aromatic heterocycles. The molecule has 1 aliphatic rings. The first-order valence-corrected chi connectivity index (χ1v) is 5.35. The van der Waals surface area contributed by atoms with E-state index in [1.807, 2.05) is 0 Å². The number of nitrogens with two attached hydrogens (primary N) is 1. The molecule has 0 amide bonds. The molecule has 1 fully saturated rings. The summed E-state index contributed by atoms with van der Waals surface area (Å²) in [7, 11) is 0. The van der Waals surface area contributed by atoms with E-state index >= 15 is 0 Å². The second kappa shape index (κ2) is 3.44. The maximum atomic E-state index is 5.82. The SMILES string of the molecule is Nc1cnsc1C1CCCCC1. The smallest absolute Gasteiger partial charge is 0.0662 e. The number of anilines is 1. The van der Waals surface area contributed by atoms with Crippen LogP contribution in [0.5, 0.6) is 0 Å². The predicted octanol–water partition coefficient (Wildman–Crippen LogP) is 2.77. The Kier molecular flexibility index (Phi) is 2.30.